The van der Waals surface area contributed by atoms with Gasteiger partial charge in [-0.25, -0.2) is 4.79 Å². The van der Waals surface area contributed by atoms with Crippen LogP contribution in [0, 0.1) is 11.3 Å². The Morgan fingerprint density at radius 3 is 2.67 bits per heavy atom. The van der Waals surface area contributed by atoms with E-state index in [-0.39, 0.29) is 30.3 Å². The largest absolute Gasteiger partial charge is 0.488 e. The van der Waals surface area contributed by atoms with E-state index in [9.17, 15) is 9.59 Å². The zero-order valence-electron chi connectivity index (χ0n) is 17.8. The lowest BCUT2D eigenvalue weighted by atomic mass is 9.90. The average molecular weight is 488 g/mol. The van der Waals surface area contributed by atoms with E-state index in [1.807, 2.05) is 36.5 Å². The number of benzene rings is 2. The molecule has 0 heterocycles. The van der Waals surface area contributed by atoms with E-state index in [2.05, 4.69) is 5.32 Å². The SMILES string of the molecule is C[C@H](NC(=O)c1cc(Cl)ccc1OCc1ccccc1Cl)C1C=CC(C(=N)NC(=O)O)=CC1. The van der Waals surface area contributed by atoms with Gasteiger partial charge in [0.05, 0.1) is 5.56 Å². The van der Waals surface area contributed by atoms with Crippen molar-refractivity contribution in [2.24, 2.45) is 5.92 Å². The molecule has 0 aromatic heterocycles. The first-order valence-corrected chi connectivity index (χ1v) is 10.9. The molecule has 33 heavy (non-hydrogen) atoms. The molecule has 1 unspecified atom stereocenters. The maximum absolute atomic E-state index is 13.0. The minimum Gasteiger partial charge on any atom is -0.488 e. The molecule has 0 radical (unpaired) electrons. The Bertz CT molecular complexity index is 1130. The number of rotatable bonds is 7. The van der Waals surface area contributed by atoms with E-state index in [1.165, 1.54) is 0 Å². The van der Waals surface area contributed by atoms with Gasteiger partial charge in [0.2, 0.25) is 0 Å². The van der Waals surface area contributed by atoms with Gasteiger partial charge in [-0.2, -0.15) is 0 Å². The average Bonchev–Trinajstić information content (AvgIpc) is 2.78. The van der Waals surface area contributed by atoms with Crippen molar-refractivity contribution < 1.29 is 19.4 Å². The molecule has 7 nitrogen and oxygen atoms in total. The van der Waals surface area contributed by atoms with Crippen LogP contribution in [0.15, 0.2) is 66.3 Å². The summed E-state index contributed by atoms with van der Waals surface area (Å²) in [6.45, 7) is 2.08. The van der Waals surface area contributed by atoms with E-state index in [1.54, 1.807) is 36.4 Å². The second-order valence-corrected chi connectivity index (χ2v) is 8.35. The zero-order valence-corrected chi connectivity index (χ0v) is 19.3. The van der Waals surface area contributed by atoms with E-state index in [0.29, 0.717) is 33.4 Å². The van der Waals surface area contributed by atoms with Crippen LogP contribution in [0.5, 0.6) is 5.75 Å². The first kappa shape index (κ1) is 24.4. The number of amides is 2. The van der Waals surface area contributed by atoms with Crippen LogP contribution in [0.25, 0.3) is 0 Å². The van der Waals surface area contributed by atoms with Crippen molar-refractivity contribution in [3.63, 3.8) is 0 Å². The number of hydrogen-bond donors (Lipinski definition) is 4. The fourth-order valence-corrected chi connectivity index (χ4v) is 3.70. The minimum atomic E-state index is -1.29. The van der Waals surface area contributed by atoms with E-state index in [0.717, 1.165) is 5.56 Å². The van der Waals surface area contributed by atoms with Crippen LogP contribution < -0.4 is 15.4 Å². The summed E-state index contributed by atoms with van der Waals surface area (Å²) in [5, 5.41) is 22.5. The molecule has 0 fully saturated rings. The molecule has 0 bridgehead atoms. The number of allylic oxidation sites excluding steroid dienone is 1. The van der Waals surface area contributed by atoms with Gasteiger partial charge < -0.3 is 15.2 Å². The Kier molecular flexibility index (Phi) is 8.14. The molecule has 0 aliphatic heterocycles. The number of ether oxygens (including phenoxy) is 1. The number of carbonyl (C=O) groups excluding carboxylic acids is 1. The summed E-state index contributed by atoms with van der Waals surface area (Å²) in [5.41, 5.74) is 1.59. The Morgan fingerprint density at radius 1 is 1.24 bits per heavy atom. The zero-order chi connectivity index (χ0) is 24.0. The van der Waals surface area contributed by atoms with Crippen molar-refractivity contribution in [2.75, 3.05) is 0 Å². The third kappa shape index (κ3) is 6.60. The van der Waals surface area contributed by atoms with Gasteiger partial charge in [0.25, 0.3) is 5.91 Å². The van der Waals surface area contributed by atoms with Crippen LogP contribution in [0.4, 0.5) is 4.79 Å². The lowest BCUT2D eigenvalue weighted by Gasteiger charge is -2.24. The molecular formula is C24H23Cl2N3O4. The van der Waals surface area contributed by atoms with Crippen molar-refractivity contribution >= 4 is 41.0 Å². The minimum absolute atomic E-state index is 0.0259. The number of carbonyl (C=O) groups is 2. The smallest absolute Gasteiger partial charge is 0.410 e. The molecule has 0 saturated carbocycles. The molecule has 9 heteroatoms. The molecule has 0 spiro atoms. The highest BCUT2D eigenvalue weighted by Gasteiger charge is 2.22. The summed E-state index contributed by atoms with van der Waals surface area (Å²) in [4.78, 5) is 23.7. The molecule has 2 atom stereocenters. The first-order valence-electron chi connectivity index (χ1n) is 10.2. The summed E-state index contributed by atoms with van der Waals surface area (Å²) in [6, 6.07) is 11.9. The number of halogens is 2. The third-order valence-corrected chi connectivity index (χ3v) is 5.79. The van der Waals surface area contributed by atoms with Crippen molar-refractivity contribution in [3.05, 3.63) is 87.4 Å². The summed E-state index contributed by atoms with van der Waals surface area (Å²) >= 11 is 12.3. The highest BCUT2D eigenvalue weighted by atomic mass is 35.5. The fourth-order valence-electron chi connectivity index (χ4n) is 3.34. The summed E-state index contributed by atoms with van der Waals surface area (Å²) in [5.74, 6) is -0.156. The van der Waals surface area contributed by atoms with Crippen LogP contribution >= 0.6 is 23.2 Å². The highest BCUT2D eigenvalue weighted by Crippen LogP contribution is 2.26. The van der Waals surface area contributed by atoms with E-state index < -0.39 is 6.09 Å². The van der Waals surface area contributed by atoms with Gasteiger partial charge in [-0.3, -0.25) is 15.5 Å². The van der Waals surface area contributed by atoms with Gasteiger partial charge in [0.15, 0.2) is 0 Å². The Balaban J connectivity index is 1.65. The van der Waals surface area contributed by atoms with E-state index in [4.69, 9.17) is 38.5 Å². The Hall–Kier alpha value is -3.29. The number of amidine groups is 1. The van der Waals surface area contributed by atoms with Gasteiger partial charge in [0, 0.05) is 33.1 Å². The maximum Gasteiger partial charge on any atom is 0.410 e. The second kappa shape index (κ2) is 11.0. The monoisotopic (exact) mass is 487 g/mol. The van der Waals surface area contributed by atoms with Gasteiger partial charge in [0.1, 0.15) is 18.2 Å². The fraction of sp³-hybridized carbons (Fsp3) is 0.208. The summed E-state index contributed by atoms with van der Waals surface area (Å²) in [7, 11) is 0. The molecule has 3 rings (SSSR count). The van der Waals surface area contributed by atoms with Crippen LogP contribution in [0.1, 0.15) is 29.3 Å². The predicted octanol–water partition coefficient (Wildman–Crippen LogP) is 5.44. The molecule has 2 amide bonds. The van der Waals surface area contributed by atoms with Crippen LogP contribution in [0.2, 0.25) is 10.0 Å². The van der Waals surface area contributed by atoms with E-state index >= 15 is 0 Å². The normalized spacial score (nSPS) is 15.8. The first-order chi connectivity index (χ1) is 15.7. The van der Waals surface area contributed by atoms with Crippen molar-refractivity contribution in [2.45, 2.75) is 26.0 Å². The van der Waals surface area contributed by atoms with Gasteiger partial charge in [-0.15, -0.1) is 0 Å². The third-order valence-electron chi connectivity index (χ3n) is 5.18. The Labute approximate surface area is 201 Å². The molecule has 1 aliphatic carbocycles. The summed E-state index contributed by atoms with van der Waals surface area (Å²) < 4.78 is 5.87. The molecule has 2 aromatic rings. The topological polar surface area (TPSA) is 112 Å². The van der Waals surface area contributed by atoms with Crippen molar-refractivity contribution in [3.8, 4) is 5.75 Å². The lowest BCUT2D eigenvalue weighted by molar-refractivity contribution is 0.0927. The molecule has 1 aliphatic rings. The standard InChI is InChI=1S/C24H23Cl2N3O4/c1-14(15-6-8-16(9-7-15)22(27)29-24(31)32)28-23(30)19-12-18(25)10-11-21(19)33-13-17-4-2-3-5-20(17)26/h2-6,8-12,14-15H,7,13H2,1H3,(H2,27,29)(H,28,30)(H,31,32)/t14-,15?/m0/s1. The van der Waals surface area contributed by atoms with Crippen LogP contribution in [-0.4, -0.2) is 29.0 Å². The van der Waals surface area contributed by atoms with Gasteiger partial charge in [-0.1, -0.05) is 59.6 Å². The van der Waals surface area contributed by atoms with Gasteiger partial charge in [-0.05, 0) is 37.6 Å². The number of carboxylic acid groups (broad SMARTS) is 1. The molecule has 0 saturated heterocycles. The molecule has 4 N–H and O–H groups in total. The van der Waals surface area contributed by atoms with Crippen LogP contribution in [0.3, 0.4) is 0 Å². The van der Waals surface area contributed by atoms with Crippen molar-refractivity contribution in [1.82, 2.24) is 10.6 Å². The predicted molar refractivity (Wildman–Crippen MR) is 128 cm³/mol. The number of hydrogen-bond acceptors (Lipinski definition) is 4. The highest BCUT2D eigenvalue weighted by molar-refractivity contribution is 6.31. The second-order valence-electron chi connectivity index (χ2n) is 7.51. The van der Waals surface area contributed by atoms with Gasteiger partial charge >= 0.3 is 6.09 Å². The maximum atomic E-state index is 13.0. The van der Waals surface area contributed by atoms with Crippen molar-refractivity contribution in [1.29, 1.82) is 5.41 Å². The van der Waals surface area contributed by atoms with Crippen LogP contribution in [-0.2, 0) is 6.61 Å². The lowest BCUT2D eigenvalue weighted by Crippen LogP contribution is -2.38. The number of nitrogens with one attached hydrogen (secondary N) is 3. The Morgan fingerprint density at radius 2 is 2.00 bits per heavy atom. The summed E-state index contributed by atoms with van der Waals surface area (Å²) in [6.07, 6.45) is 4.55. The molecular weight excluding hydrogens is 465 g/mol. The quantitative estimate of drug-likeness (QED) is 0.307. The molecule has 2 aromatic carbocycles. The molecule has 172 valence electrons.